The highest BCUT2D eigenvalue weighted by molar-refractivity contribution is 6.30. The van der Waals surface area contributed by atoms with Crippen LogP contribution in [0, 0.1) is 0 Å². The Morgan fingerprint density at radius 3 is 2.81 bits per heavy atom. The number of hydrogen-bond donors (Lipinski definition) is 3. The second kappa shape index (κ2) is 5.25. The summed E-state index contributed by atoms with van der Waals surface area (Å²) in [4.78, 5) is 15.3. The van der Waals surface area contributed by atoms with Gasteiger partial charge < -0.3 is 15.5 Å². The van der Waals surface area contributed by atoms with Crippen molar-refractivity contribution >= 4 is 17.5 Å². The van der Waals surface area contributed by atoms with Gasteiger partial charge in [-0.3, -0.25) is 4.79 Å². The summed E-state index contributed by atoms with van der Waals surface area (Å²) in [6.07, 6.45) is 1.36. The number of nitrogens with one attached hydrogen (secondary N) is 1. The molecular weight excluding hydrogens is 232 g/mol. The van der Waals surface area contributed by atoms with E-state index < -0.39 is 18.1 Å². The van der Waals surface area contributed by atoms with E-state index in [0.717, 1.165) is 0 Å². The summed E-state index contributed by atoms with van der Waals surface area (Å²) in [5.74, 6) is -0.426. The highest BCUT2D eigenvalue weighted by Gasteiger charge is 2.20. The average molecular weight is 245 g/mol. The molecule has 0 fully saturated rings. The Balaban J connectivity index is 2.56. The molecule has 0 radical (unpaired) electrons. The number of amides is 1. The van der Waals surface area contributed by atoms with E-state index in [1.165, 1.54) is 19.2 Å². The minimum absolute atomic E-state index is 0.0490. The Kier molecular flexibility index (Phi) is 4.23. The van der Waals surface area contributed by atoms with Crippen molar-refractivity contribution in [3.8, 4) is 0 Å². The van der Waals surface area contributed by atoms with Crippen LogP contribution in [-0.2, 0) is 0 Å². The SMILES string of the molecule is CC(O)(CO)CNC(=O)c1ccc(Cl)cn1. The highest BCUT2D eigenvalue weighted by atomic mass is 35.5. The molecule has 0 saturated heterocycles. The van der Waals surface area contributed by atoms with Crippen molar-refractivity contribution in [2.45, 2.75) is 12.5 Å². The zero-order chi connectivity index (χ0) is 12.2. The van der Waals surface area contributed by atoms with Gasteiger partial charge in [0, 0.05) is 12.7 Å². The fourth-order valence-corrected chi connectivity index (χ4v) is 1.04. The Morgan fingerprint density at radius 1 is 1.62 bits per heavy atom. The maximum Gasteiger partial charge on any atom is 0.269 e. The number of hydrogen-bond acceptors (Lipinski definition) is 4. The van der Waals surface area contributed by atoms with Gasteiger partial charge in [0.25, 0.3) is 5.91 Å². The molecule has 3 N–H and O–H groups in total. The standard InChI is InChI=1S/C10H13ClN2O3/c1-10(16,6-14)5-13-9(15)8-3-2-7(11)4-12-8/h2-4,14,16H,5-6H2,1H3,(H,13,15). The Hall–Kier alpha value is -1.17. The molecule has 88 valence electrons. The van der Waals surface area contributed by atoms with Gasteiger partial charge >= 0.3 is 0 Å². The van der Waals surface area contributed by atoms with Crippen LogP contribution < -0.4 is 5.32 Å². The quantitative estimate of drug-likeness (QED) is 0.707. The molecule has 1 atom stereocenters. The molecule has 5 nitrogen and oxygen atoms in total. The number of halogens is 1. The molecule has 1 heterocycles. The van der Waals surface area contributed by atoms with Gasteiger partial charge in [-0.05, 0) is 19.1 Å². The van der Waals surface area contributed by atoms with Crippen molar-refractivity contribution in [3.63, 3.8) is 0 Å². The third-order valence-corrected chi connectivity index (χ3v) is 2.15. The number of nitrogens with zero attached hydrogens (tertiary/aromatic N) is 1. The molecule has 1 aromatic rings. The van der Waals surface area contributed by atoms with Crippen molar-refractivity contribution in [2.75, 3.05) is 13.2 Å². The second-order valence-corrected chi connectivity index (χ2v) is 4.14. The minimum Gasteiger partial charge on any atom is -0.393 e. The summed E-state index contributed by atoms with van der Waals surface area (Å²) in [5.41, 5.74) is -1.12. The van der Waals surface area contributed by atoms with Gasteiger partial charge in [0.1, 0.15) is 11.3 Å². The molecule has 1 unspecified atom stereocenters. The first-order valence-corrected chi connectivity index (χ1v) is 5.05. The summed E-state index contributed by atoms with van der Waals surface area (Å²) in [6.45, 7) is 0.941. The van der Waals surface area contributed by atoms with E-state index in [0.29, 0.717) is 5.02 Å². The van der Waals surface area contributed by atoms with Gasteiger partial charge in [0.2, 0.25) is 0 Å². The summed E-state index contributed by atoms with van der Waals surface area (Å²) in [6, 6.07) is 3.03. The summed E-state index contributed by atoms with van der Waals surface area (Å²) in [7, 11) is 0. The Bertz CT molecular complexity index is 365. The van der Waals surface area contributed by atoms with E-state index in [1.807, 2.05) is 0 Å². The largest absolute Gasteiger partial charge is 0.393 e. The van der Waals surface area contributed by atoms with Crippen LogP contribution in [0.1, 0.15) is 17.4 Å². The molecular formula is C10H13ClN2O3. The number of carbonyl (C=O) groups excluding carboxylic acids is 1. The summed E-state index contributed by atoms with van der Waals surface area (Å²) < 4.78 is 0. The monoisotopic (exact) mass is 244 g/mol. The molecule has 1 amide bonds. The van der Waals surface area contributed by atoms with E-state index in [9.17, 15) is 9.90 Å². The van der Waals surface area contributed by atoms with Gasteiger partial charge in [0.15, 0.2) is 0 Å². The first-order chi connectivity index (χ1) is 7.44. The van der Waals surface area contributed by atoms with Crippen molar-refractivity contribution in [1.29, 1.82) is 0 Å². The Labute approximate surface area is 98.1 Å². The first kappa shape index (κ1) is 12.9. The van der Waals surface area contributed by atoms with Crippen molar-refractivity contribution in [2.24, 2.45) is 0 Å². The molecule has 1 rings (SSSR count). The smallest absolute Gasteiger partial charge is 0.269 e. The number of aliphatic hydroxyl groups excluding tert-OH is 1. The molecule has 0 aliphatic heterocycles. The molecule has 0 saturated carbocycles. The van der Waals surface area contributed by atoms with Crippen LogP contribution in [0.3, 0.4) is 0 Å². The first-order valence-electron chi connectivity index (χ1n) is 4.67. The van der Waals surface area contributed by atoms with Crippen LogP contribution in [0.2, 0.25) is 5.02 Å². The van der Waals surface area contributed by atoms with E-state index >= 15 is 0 Å². The molecule has 0 bridgehead atoms. The fourth-order valence-electron chi connectivity index (χ4n) is 0.927. The number of carbonyl (C=O) groups is 1. The zero-order valence-corrected chi connectivity index (χ0v) is 9.53. The normalized spacial score (nSPS) is 14.2. The average Bonchev–Trinajstić information content (AvgIpc) is 2.27. The predicted octanol–water partition coefficient (Wildman–Crippen LogP) is 0.208. The van der Waals surface area contributed by atoms with Gasteiger partial charge in [-0.1, -0.05) is 11.6 Å². The lowest BCUT2D eigenvalue weighted by atomic mass is 10.1. The molecule has 0 aliphatic rings. The highest BCUT2D eigenvalue weighted by Crippen LogP contribution is 2.06. The molecule has 16 heavy (non-hydrogen) atoms. The van der Waals surface area contributed by atoms with E-state index in [2.05, 4.69) is 10.3 Å². The lowest BCUT2D eigenvalue weighted by Crippen LogP contribution is -2.43. The van der Waals surface area contributed by atoms with Crippen LogP contribution in [-0.4, -0.2) is 39.9 Å². The number of aliphatic hydroxyl groups is 2. The number of aromatic nitrogens is 1. The topological polar surface area (TPSA) is 82.5 Å². The van der Waals surface area contributed by atoms with Crippen molar-refractivity contribution in [3.05, 3.63) is 29.0 Å². The predicted molar refractivity (Wildman–Crippen MR) is 59.3 cm³/mol. The fraction of sp³-hybridized carbons (Fsp3) is 0.400. The van der Waals surface area contributed by atoms with Gasteiger partial charge in [-0.25, -0.2) is 4.98 Å². The van der Waals surface area contributed by atoms with Gasteiger partial charge in [0.05, 0.1) is 11.6 Å². The molecule has 1 aromatic heterocycles. The number of rotatable bonds is 4. The Morgan fingerprint density at radius 2 is 2.31 bits per heavy atom. The number of pyridine rings is 1. The maximum absolute atomic E-state index is 11.5. The summed E-state index contributed by atoms with van der Waals surface area (Å²) in [5, 5.41) is 21.1. The third-order valence-electron chi connectivity index (χ3n) is 1.93. The van der Waals surface area contributed by atoms with E-state index in [1.54, 1.807) is 6.07 Å². The van der Waals surface area contributed by atoms with Gasteiger partial charge in [-0.2, -0.15) is 0 Å². The second-order valence-electron chi connectivity index (χ2n) is 3.70. The van der Waals surface area contributed by atoms with Crippen LogP contribution in [0.15, 0.2) is 18.3 Å². The summed E-state index contributed by atoms with van der Waals surface area (Å²) >= 11 is 5.62. The molecule has 0 aromatic carbocycles. The van der Waals surface area contributed by atoms with Crippen molar-refractivity contribution < 1.29 is 15.0 Å². The van der Waals surface area contributed by atoms with E-state index in [-0.39, 0.29) is 12.2 Å². The van der Waals surface area contributed by atoms with Gasteiger partial charge in [-0.15, -0.1) is 0 Å². The van der Waals surface area contributed by atoms with Crippen LogP contribution in [0.25, 0.3) is 0 Å². The zero-order valence-electron chi connectivity index (χ0n) is 8.77. The molecule has 6 heteroatoms. The van der Waals surface area contributed by atoms with E-state index in [4.69, 9.17) is 16.7 Å². The third kappa shape index (κ3) is 3.77. The lowest BCUT2D eigenvalue weighted by molar-refractivity contribution is 0.00316. The molecule has 0 aliphatic carbocycles. The van der Waals surface area contributed by atoms with Crippen LogP contribution in [0.5, 0.6) is 0 Å². The lowest BCUT2D eigenvalue weighted by Gasteiger charge is -2.20. The minimum atomic E-state index is -1.33. The van der Waals surface area contributed by atoms with Crippen LogP contribution >= 0.6 is 11.6 Å². The maximum atomic E-state index is 11.5. The molecule has 0 spiro atoms. The van der Waals surface area contributed by atoms with Crippen LogP contribution in [0.4, 0.5) is 0 Å². The van der Waals surface area contributed by atoms with Crippen molar-refractivity contribution in [1.82, 2.24) is 10.3 Å².